The Labute approximate surface area is 136 Å². The fourth-order valence-corrected chi connectivity index (χ4v) is 2.98. The lowest BCUT2D eigenvalue weighted by Crippen LogP contribution is -2.11. The number of ether oxygens (including phenoxy) is 1. The molecule has 0 fully saturated rings. The minimum Gasteiger partial charge on any atom is -0.462 e. The van der Waals surface area contributed by atoms with Gasteiger partial charge in [-0.2, -0.15) is 0 Å². The summed E-state index contributed by atoms with van der Waals surface area (Å²) in [7, 11) is 0. The molecule has 1 N–H and O–H groups in total. The number of fused-ring (bicyclic) bond motifs is 1. The van der Waals surface area contributed by atoms with Crippen LogP contribution in [0.15, 0.2) is 48.5 Å². The molecule has 0 spiro atoms. The standard InChI is InChI=1S/C17H14N2O3S/c1-2-22-16(21)12-8-9-13-14(10-12)23-17(18-13)19-15(20)11-6-4-3-5-7-11/h3-10H,2H2,1H3,(H,18,19,20). The van der Waals surface area contributed by atoms with E-state index in [1.54, 1.807) is 49.4 Å². The van der Waals surface area contributed by atoms with E-state index in [0.717, 1.165) is 10.2 Å². The van der Waals surface area contributed by atoms with Crippen molar-refractivity contribution in [2.45, 2.75) is 6.92 Å². The number of nitrogens with one attached hydrogen (secondary N) is 1. The number of hydrogen-bond donors (Lipinski definition) is 1. The number of anilines is 1. The smallest absolute Gasteiger partial charge is 0.338 e. The average molecular weight is 326 g/mol. The van der Waals surface area contributed by atoms with Gasteiger partial charge in [0.2, 0.25) is 0 Å². The van der Waals surface area contributed by atoms with Gasteiger partial charge in [-0.1, -0.05) is 29.5 Å². The van der Waals surface area contributed by atoms with Crippen molar-refractivity contribution in [3.8, 4) is 0 Å². The lowest BCUT2D eigenvalue weighted by molar-refractivity contribution is 0.0526. The second-order valence-corrected chi connectivity index (χ2v) is 5.77. The summed E-state index contributed by atoms with van der Waals surface area (Å²) in [5, 5.41) is 3.27. The molecule has 23 heavy (non-hydrogen) atoms. The highest BCUT2D eigenvalue weighted by Crippen LogP contribution is 2.27. The monoisotopic (exact) mass is 326 g/mol. The molecule has 1 aromatic heterocycles. The fourth-order valence-electron chi connectivity index (χ4n) is 2.08. The van der Waals surface area contributed by atoms with E-state index in [0.29, 0.717) is 22.9 Å². The zero-order valence-corrected chi connectivity index (χ0v) is 13.2. The Bertz CT molecular complexity index is 859. The molecule has 0 saturated heterocycles. The molecule has 116 valence electrons. The first kappa shape index (κ1) is 15.2. The highest BCUT2D eigenvalue weighted by Gasteiger charge is 2.12. The maximum atomic E-state index is 12.1. The number of nitrogens with zero attached hydrogens (tertiary/aromatic N) is 1. The van der Waals surface area contributed by atoms with Gasteiger partial charge in [-0.05, 0) is 37.3 Å². The summed E-state index contributed by atoms with van der Waals surface area (Å²) in [5.41, 5.74) is 1.77. The van der Waals surface area contributed by atoms with Crippen LogP contribution in [0.4, 0.5) is 5.13 Å². The van der Waals surface area contributed by atoms with Crippen molar-refractivity contribution in [2.24, 2.45) is 0 Å². The maximum absolute atomic E-state index is 12.1. The molecule has 6 heteroatoms. The van der Waals surface area contributed by atoms with Crippen molar-refractivity contribution >= 4 is 38.6 Å². The van der Waals surface area contributed by atoms with Crippen molar-refractivity contribution in [2.75, 3.05) is 11.9 Å². The predicted molar refractivity (Wildman–Crippen MR) is 90.0 cm³/mol. The molecular formula is C17H14N2O3S. The van der Waals surface area contributed by atoms with Crippen LogP contribution in [-0.2, 0) is 4.74 Å². The minimum absolute atomic E-state index is 0.213. The topological polar surface area (TPSA) is 68.3 Å². The number of carbonyl (C=O) groups excluding carboxylic acids is 2. The summed E-state index contributed by atoms with van der Waals surface area (Å²) in [6, 6.07) is 14.1. The van der Waals surface area contributed by atoms with Gasteiger partial charge in [0.1, 0.15) is 0 Å². The number of rotatable bonds is 4. The van der Waals surface area contributed by atoms with Crippen LogP contribution in [0.3, 0.4) is 0 Å². The van der Waals surface area contributed by atoms with Gasteiger partial charge in [0.25, 0.3) is 5.91 Å². The van der Waals surface area contributed by atoms with Crippen molar-refractivity contribution in [3.05, 3.63) is 59.7 Å². The van der Waals surface area contributed by atoms with Crippen LogP contribution >= 0.6 is 11.3 Å². The van der Waals surface area contributed by atoms with Gasteiger partial charge in [-0.3, -0.25) is 10.1 Å². The Morgan fingerprint density at radius 1 is 1.13 bits per heavy atom. The number of esters is 1. The summed E-state index contributed by atoms with van der Waals surface area (Å²) >= 11 is 1.32. The van der Waals surface area contributed by atoms with Crippen LogP contribution in [-0.4, -0.2) is 23.5 Å². The van der Waals surface area contributed by atoms with Gasteiger partial charge < -0.3 is 4.74 Å². The van der Waals surface area contributed by atoms with Gasteiger partial charge in [-0.25, -0.2) is 9.78 Å². The van der Waals surface area contributed by atoms with E-state index < -0.39 is 0 Å². The highest BCUT2D eigenvalue weighted by atomic mass is 32.1. The molecule has 0 radical (unpaired) electrons. The first-order chi connectivity index (χ1) is 11.2. The second-order valence-electron chi connectivity index (χ2n) is 4.74. The van der Waals surface area contributed by atoms with Gasteiger partial charge in [0.15, 0.2) is 5.13 Å². The molecule has 0 saturated carbocycles. The van der Waals surface area contributed by atoms with E-state index in [2.05, 4.69) is 10.3 Å². The minimum atomic E-state index is -0.363. The molecule has 1 amide bonds. The zero-order valence-electron chi connectivity index (χ0n) is 12.4. The summed E-state index contributed by atoms with van der Waals surface area (Å²) in [5.74, 6) is -0.576. The van der Waals surface area contributed by atoms with Crippen LogP contribution in [0, 0.1) is 0 Å². The summed E-state index contributed by atoms with van der Waals surface area (Å²) in [4.78, 5) is 28.2. The lowest BCUT2D eigenvalue weighted by Gasteiger charge is -2.00. The van der Waals surface area contributed by atoms with Crippen molar-refractivity contribution < 1.29 is 14.3 Å². The van der Waals surface area contributed by atoms with Crippen molar-refractivity contribution in [1.82, 2.24) is 4.98 Å². The SMILES string of the molecule is CCOC(=O)c1ccc2nc(NC(=O)c3ccccc3)sc2c1. The fraction of sp³-hybridized carbons (Fsp3) is 0.118. The molecule has 1 heterocycles. The van der Waals surface area contributed by atoms with E-state index in [9.17, 15) is 9.59 Å². The number of carbonyl (C=O) groups is 2. The normalized spacial score (nSPS) is 10.5. The van der Waals surface area contributed by atoms with E-state index in [4.69, 9.17) is 4.74 Å². The second kappa shape index (κ2) is 6.58. The van der Waals surface area contributed by atoms with E-state index in [1.165, 1.54) is 11.3 Å². The number of aromatic nitrogens is 1. The Morgan fingerprint density at radius 2 is 1.91 bits per heavy atom. The average Bonchev–Trinajstić information content (AvgIpc) is 2.97. The van der Waals surface area contributed by atoms with Crippen LogP contribution in [0.1, 0.15) is 27.6 Å². The number of amides is 1. The van der Waals surface area contributed by atoms with Crippen molar-refractivity contribution in [1.29, 1.82) is 0 Å². The van der Waals surface area contributed by atoms with E-state index >= 15 is 0 Å². The number of benzene rings is 2. The first-order valence-electron chi connectivity index (χ1n) is 7.11. The van der Waals surface area contributed by atoms with Gasteiger partial charge in [0.05, 0.1) is 22.4 Å². The molecule has 0 bridgehead atoms. The molecule has 2 aromatic carbocycles. The molecule has 0 atom stereocenters. The molecule has 0 unspecified atom stereocenters. The quantitative estimate of drug-likeness (QED) is 0.742. The van der Waals surface area contributed by atoms with Crippen LogP contribution < -0.4 is 5.32 Å². The van der Waals surface area contributed by atoms with Crippen LogP contribution in [0.25, 0.3) is 10.2 Å². The third-order valence-electron chi connectivity index (χ3n) is 3.16. The van der Waals surface area contributed by atoms with E-state index in [-0.39, 0.29) is 11.9 Å². The highest BCUT2D eigenvalue weighted by molar-refractivity contribution is 7.22. The Morgan fingerprint density at radius 3 is 2.65 bits per heavy atom. The molecule has 5 nitrogen and oxygen atoms in total. The van der Waals surface area contributed by atoms with Gasteiger partial charge in [0, 0.05) is 5.56 Å². The number of thiazole rings is 1. The summed E-state index contributed by atoms with van der Waals surface area (Å²) in [6.07, 6.45) is 0. The predicted octanol–water partition coefficient (Wildman–Crippen LogP) is 3.73. The van der Waals surface area contributed by atoms with Crippen LogP contribution in [0.2, 0.25) is 0 Å². The molecule has 3 aromatic rings. The summed E-state index contributed by atoms with van der Waals surface area (Å²) < 4.78 is 5.80. The Hall–Kier alpha value is -2.73. The Kier molecular flexibility index (Phi) is 4.34. The summed E-state index contributed by atoms with van der Waals surface area (Å²) in [6.45, 7) is 2.10. The molecule has 0 aliphatic rings. The number of hydrogen-bond acceptors (Lipinski definition) is 5. The maximum Gasteiger partial charge on any atom is 0.338 e. The van der Waals surface area contributed by atoms with E-state index in [1.807, 2.05) is 6.07 Å². The largest absolute Gasteiger partial charge is 0.462 e. The molecule has 0 aliphatic heterocycles. The zero-order chi connectivity index (χ0) is 16.2. The Balaban J connectivity index is 1.83. The lowest BCUT2D eigenvalue weighted by atomic mass is 10.2. The van der Waals surface area contributed by atoms with Crippen LogP contribution in [0.5, 0.6) is 0 Å². The first-order valence-corrected chi connectivity index (χ1v) is 7.93. The third kappa shape index (κ3) is 3.37. The molecular weight excluding hydrogens is 312 g/mol. The molecule has 3 rings (SSSR count). The molecule has 0 aliphatic carbocycles. The van der Waals surface area contributed by atoms with Crippen molar-refractivity contribution in [3.63, 3.8) is 0 Å². The van der Waals surface area contributed by atoms with Gasteiger partial charge >= 0.3 is 5.97 Å². The van der Waals surface area contributed by atoms with Gasteiger partial charge in [-0.15, -0.1) is 0 Å². The third-order valence-corrected chi connectivity index (χ3v) is 4.09.